The zero-order chi connectivity index (χ0) is 14.5. The summed E-state index contributed by atoms with van der Waals surface area (Å²) in [7, 11) is 0. The molecule has 1 aromatic rings. The first-order valence-corrected chi connectivity index (χ1v) is 8.13. The van der Waals surface area contributed by atoms with Gasteiger partial charge in [-0.25, -0.2) is 4.98 Å². The number of nitrogens with two attached hydrogens (primary N) is 1. The summed E-state index contributed by atoms with van der Waals surface area (Å²) in [4.78, 5) is 7.39. The van der Waals surface area contributed by atoms with Crippen LogP contribution in [0.3, 0.4) is 0 Å². The Hall–Kier alpha value is -1.09. The Kier molecular flexibility index (Phi) is 5.41. The first-order valence-electron chi connectivity index (χ1n) is 8.13. The maximum atomic E-state index is 5.86. The van der Waals surface area contributed by atoms with Crippen molar-refractivity contribution >= 4 is 5.82 Å². The average Bonchev–Trinajstić information content (AvgIpc) is 2.48. The van der Waals surface area contributed by atoms with Gasteiger partial charge in [-0.15, -0.1) is 0 Å². The van der Waals surface area contributed by atoms with Gasteiger partial charge in [0, 0.05) is 24.8 Å². The van der Waals surface area contributed by atoms with Crippen molar-refractivity contribution in [3.8, 4) is 0 Å². The van der Waals surface area contributed by atoms with Gasteiger partial charge in [-0.3, -0.25) is 0 Å². The minimum Gasteiger partial charge on any atom is -0.354 e. The lowest BCUT2D eigenvalue weighted by Gasteiger charge is -2.35. The van der Waals surface area contributed by atoms with Gasteiger partial charge in [0.2, 0.25) is 0 Å². The molecule has 2 rings (SSSR count). The lowest BCUT2D eigenvalue weighted by molar-refractivity contribution is 0.416. The fourth-order valence-electron chi connectivity index (χ4n) is 3.15. The van der Waals surface area contributed by atoms with Crippen molar-refractivity contribution in [1.82, 2.24) is 4.98 Å². The van der Waals surface area contributed by atoms with Gasteiger partial charge in [0.25, 0.3) is 0 Å². The van der Waals surface area contributed by atoms with E-state index in [1.165, 1.54) is 37.7 Å². The molecular formula is C17H29N3. The quantitative estimate of drug-likeness (QED) is 0.888. The minimum atomic E-state index is 0.449. The van der Waals surface area contributed by atoms with Crippen molar-refractivity contribution in [1.29, 1.82) is 0 Å². The molecule has 0 spiro atoms. The van der Waals surface area contributed by atoms with Gasteiger partial charge in [-0.05, 0) is 43.4 Å². The van der Waals surface area contributed by atoms with Crippen molar-refractivity contribution in [3.63, 3.8) is 0 Å². The zero-order valence-corrected chi connectivity index (χ0v) is 13.2. The highest BCUT2D eigenvalue weighted by Gasteiger charge is 2.22. The van der Waals surface area contributed by atoms with E-state index in [-0.39, 0.29) is 0 Å². The fourth-order valence-corrected chi connectivity index (χ4v) is 3.15. The Morgan fingerprint density at radius 2 is 1.95 bits per heavy atom. The summed E-state index contributed by atoms with van der Waals surface area (Å²) >= 11 is 0. The topological polar surface area (TPSA) is 42.1 Å². The van der Waals surface area contributed by atoms with E-state index < -0.39 is 0 Å². The van der Waals surface area contributed by atoms with Crippen LogP contribution in [-0.2, 0) is 6.54 Å². The van der Waals surface area contributed by atoms with Crippen molar-refractivity contribution in [2.24, 2.45) is 5.73 Å². The Balaban J connectivity index is 2.29. The van der Waals surface area contributed by atoms with Gasteiger partial charge in [-0.2, -0.15) is 0 Å². The van der Waals surface area contributed by atoms with Crippen LogP contribution in [0.2, 0.25) is 0 Å². The Morgan fingerprint density at radius 3 is 2.50 bits per heavy atom. The van der Waals surface area contributed by atoms with Gasteiger partial charge in [-0.1, -0.05) is 33.1 Å². The van der Waals surface area contributed by atoms with E-state index in [0.717, 1.165) is 18.1 Å². The summed E-state index contributed by atoms with van der Waals surface area (Å²) < 4.78 is 0. The normalized spacial score (nSPS) is 16.6. The Morgan fingerprint density at radius 1 is 1.25 bits per heavy atom. The van der Waals surface area contributed by atoms with Crippen LogP contribution in [0.5, 0.6) is 0 Å². The highest BCUT2D eigenvalue weighted by atomic mass is 15.2. The molecule has 1 fully saturated rings. The molecule has 0 bridgehead atoms. The lowest BCUT2D eigenvalue weighted by Crippen LogP contribution is -2.37. The summed E-state index contributed by atoms with van der Waals surface area (Å²) in [6.45, 7) is 8.26. The zero-order valence-electron chi connectivity index (χ0n) is 13.2. The molecule has 20 heavy (non-hydrogen) atoms. The summed E-state index contributed by atoms with van der Waals surface area (Å²) in [6.07, 6.45) is 6.71. The molecule has 0 unspecified atom stereocenters. The molecular weight excluding hydrogens is 246 g/mol. The molecule has 0 atom stereocenters. The first-order chi connectivity index (χ1) is 9.65. The van der Waals surface area contributed by atoms with Gasteiger partial charge in [0.05, 0.1) is 0 Å². The number of nitrogens with zero attached hydrogens (tertiary/aromatic N) is 2. The molecule has 1 aliphatic carbocycles. The van der Waals surface area contributed by atoms with E-state index in [4.69, 9.17) is 10.7 Å². The molecule has 0 radical (unpaired) electrons. The molecule has 2 N–H and O–H groups in total. The number of hydrogen-bond donors (Lipinski definition) is 1. The molecule has 1 aromatic heterocycles. The molecule has 0 aliphatic heterocycles. The number of aromatic nitrogens is 1. The van der Waals surface area contributed by atoms with E-state index in [9.17, 15) is 0 Å². The average molecular weight is 275 g/mol. The predicted molar refractivity (Wildman–Crippen MR) is 86.1 cm³/mol. The van der Waals surface area contributed by atoms with Gasteiger partial charge < -0.3 is 10.6 Å². The molecule has 0 aromatic carbocycles. The molecule has 1 saturated carbocycles. The van der Waals surface area contributed by atoms with Crippen molar-refractivity contribution in [2.45, 2.75) is 71.4 Å². The van der Waals surface area contributed by atoms with E-state index >= 15 is 0 Å². The van der Waals surface area contributed by atoms with Crippen LogP contribution in [0.1, 0.15) is 70.1 Å². The van der Waals surface area contributed by atoms with Crippen LogP contribution in [0.25, 0.3) is 0 Å². The SMILES string of the molecule is CCN(c1cc(CN)cc(C(C)C)n1)C1CCCCC1. The standard InChI is InChI=1S/C17H29N3/c1-4-20(15-8-6-5-7-9-15)17-11-14(12-18)10-16(19-17)13(2)3/h10-11,13,15H,4-9,12,18H2,1-3H3. The molecule has 0 amide bonds. The minimum absolute atomic E-state index is 0.449. The van der Waals surface area contributed by atoms with E-state index in [0.29, 0.717) is 18.5 Å². The second-order valence-electron chi connectivity index (χ2n) is 6.20. The van der Waals surface area contributed by atoms with Crippen molar-refractivity contribution in [2.75, 3.05) is 11.4 Å². The monoisotopic (exact) mass is 275 g/mol. The maximum Gasteiger partial charge on any atom is 0.129 e. The third-order valence-electron chi connectivity index (χ3n) is 4.37. The van der Waals surface area contributed by atoms with E-state index in [1.54, 1.807) is 0 Å². The van der Waals surface area contributed by atoms with Crippen LogP contribution in [0.15, 0.2) is 12.1 Å². The third kappa shape index (κ3) is 3.51. The van der Waals surface area contributed by atoms with Crippen LogP contribution in [0.4, 0.5) is 5.82 Å². The first kappa shape index (κ1) is 15.3. The number of anilines is 1. The fraction of sp³-hybridized carbons (Fsp3) is 0.706. The number of hydrogen-bond acceptors (Lipinski definition) is 3. The smallest absolute Gasteiger partial charge is 0.129 e. The van der Waals surface area contributed by atoms with Gasteiger partial charge in [0.15, 0.2) is 0 Å². The van der Waals surface area contributed by atoms with Crippen molar-refractivity contribution < 1.29 is 0 Å². The molecule has 0 saturated heterocycles. The second-order valence-corrected chi connectivity index (χ2v) is 6.20. The molecule has 112 valence electrons. The molecule has 3 heteroatoms. The maximum absolute atomic E-state index is 5.86. The summed E-state index contributed by atoms with van der Waals surface area (Å²) in [5.74, 6) is 1.58. The summed E-state index contributed by atoms with van der Waals surface area (Å²) in [5.41, 5.74) is 8.23. The Labute approximate surface area is 123 Å². The Bertz CT molecular complexity index is 422. The van der Waals surface area contributed by atoms with Crippen LogP contribution in [-0.4, -0.2) is 17.6 Å². The van der Waals surface area contributed by atoms with E-state index in [2.05, 4.69) is 37.8 Å². The molecule has 3 nitrogen and oxygen atoms in total. The number of pyridine rings is 1. The van der Waals surface area contributed by atoms with Crippen molar-refractivity contribution in [3.05, 3.63) is 23.4 Å². The van der Waals surface area contributed by atoms with Crippen LogP contribution in [0, 0.1) is 0 Å². The van der Waals surface area contributed by atoms with Gasteiger partial charge >= 0.3 is 0 Å². The largest absolute Gasteiger partial charge is 0.354 e. The third-order valence-corrected chi connectivity index (χ3v) is 4.37. The predicted octanol–water partition coefficient (Wildman–Crippen LogP) is 3.82. The number of rotatable bonds is 5. The lowest BCUT2D eigenvalue weighted by atomic mass is 9.94. The van der Waals surface area contributed by atoms with Crippen LogP contribution >= 0.6 is 0 Å². The molecule has 1 heterocycles. The summed E-state index contributed by atoms with van der Waals surface area (Å²) in [6, 6.07) is 5.00. The second kappa shape index (κ2) is 7.07. The van der Waals surface area contributed by atoms with Gasteiger partial charge in [0.1, 0.15) is 5.82 Å². The highest BCUT2D eigenvalue weighted by Crippen LogP contribution is 2.28. The van der Waals surface area contributed by atoms with Crippen LogP contribution < -0.4 is 10.6 Å². The van der Waals surface area contributed by atoms with E-state index in [1.807, 2.05) is 0 Å². The summed E-state index contributed by atoms with van der Waals surface area (Å²) in [5, 5.41) is 0. The molecule has 1 aliphatic rings. The highest BCUT2D eigenvalue weighted by molar-refractivity contribution is 5.44.